The molecule has 0 spiro atoms. The zero-order valence-electron chi connectivity index (χ0n) is 14.1. The number of nitrogens with zero attached hydrogens (tertiary/aromatic N) is 1. The minimum atomic E-state index is -0.998. The van der Waals surface area contributed by atoms with Crippen molar-refractivity contribution in [3.8, 4) is 0 Å². The van der Waals surface area contributed by atoms with Crippen molar-refractivity contribution < 1.29 is 14.7 Å². The summed E-state index contributed by atoms with van der Waals surface area (Å²) in [6.45, 7) is 1.64. The van der Waals surface area contributed by atoms with Crippen LogP contribution in [0.3, 0.4) is 0 Å². The summed E-state index contributed by atoms with van der Waals surface area (Å²) in [7, 11) is 2.13. The number of carbonyl (C=O) groups is 2. The lowest BCUT2D eigenvalue weighted by atomic mass is 9.85. The van der Waals surface area contributed by atoms with Crippen molar-refractivity contribution in [2.24, 2.45) is 5.92 Å². The molecule has 1 aliphatic heterocycles. The molecule has 1 fully saturated rings. The van der Waals surface area contributed by atoms with Crippen LogP contribution in [0.25, 0.3) is 0 Å². The monoisotopic (exact) mass is 358 g/mol. The number of likely N-dealkylation sites (tertiary alicyclic amines) is 1. The Kier molecular flexibility index (Phi) is 5.50. The maximum Gasteiger partial charge on any atom is 0.345 e. The lowest BCUT2D eigenvalue weighted by Gasteiger charge is -2.39. The normalized spacial score (nSPS) is 21.0. The molecule has 3 rings (SSSR count). The van der Waals surface area contributed by atoms with Gasteiger partial charge in [-0.25, -0.2) is 4.79 Å². The third-order valence-electron chi connectivity index (χ3n) is 4.71. The number of hydrogen-bond donors (Lipinski definition) is 2. The topological polar surface area (TPSA) is 69.6 Å². The molecular weight excluding hydrogens is 336 g/mol. The van der Waals surface area contributed by atoms with Gasteiger partial charge in [-0.3, -0.25) is 9.69 Å². The second-order valence-electron chi connectivity index (χ2n) is 6.42. The van der Waals surface area contributed by atoms with E-state index in [4.69, 9.17) is 5.11 Å². The van der Waals surface area contributed by atoms with Gasteiger partial charge >= 0.3 is 5.97 Å². The number of piperidine rings is 1. The number of nitrogens with one attached hydrogen (secondary N) is 1. The summed E-state index contributed by atoms with van der Waals surface area (Å²) < 4.78 is 0. The number of carboxylic acid groups (broad SMARTS) is 1. The highest BCUT2D eigenvalue weighted by atomic mass is 32.1. The Morgan fingerprint density at radius 2 is 1.92 bits per heavy atom. The Morgan fingerprint density at radius 3 is 2.60 bits per heavy atom. The molecule has 1 aromatic carbocycles. The fourth-order valence-electron chi connectivity index (χ4n) is 3.54. The number of hydrogen-bond acceptors (Lipinski definition) is 4. The van der Waals surface area contributed by atoms with Gasteiger partial charge in [0, 0.05) is 12.6 Å². The van der Waals surface area contributed by atoms with Crippen LogP contribution in [0.15, 0.2) is 42.5 Å². The van der Waals surface area contributed by atoms with E-state index in [0.717, 1.165) is 30.7 Å². The molecule has 0 unspecified atom stereocenters. The molecular formula is C19H22N2O3S. The molecule has 1 aliphatic rings. The number of thiophene rings is 1. The van der Waals surface area contributed by atoms with Gasteiger partial charge in [0.05, 0.1) is 4.88 Å². The first-order valence-corrected chi connectivity index (χ1v) is 9.24. The summed E-state index contributed by atoms with van der Waals surface area (Å²) in [4.78, 5) is 26.3. The number of benzene rings is 1. The van der Waals surface area contributed by atoms with Crippen LogP contribution in [0.4, 0.5) is 0 Å². The number of amides is 1. The highest BCUT2D eigenvalue weighted by Crippen LogP contribution is 2.34. The van der Waals surface area contributed by atoms with Crippen LogP contribution in [0.2, 0.25) is 0 Å². The third-order valence-corrected chi connectivity index (χ3v) is 5.79. The molecule has 0 saturated carbocycles. The van der Waals surface area contributed by atoms with Crippen LogP contribution in [-0.2, 0) is 0 Å². The first-order chi connectivity index (χ1) is 12.1. The van der Waals surface area contributed by atoms with Gasteiger partial charge in [-0.2, -0.15) is 0 Å². The molecule has 1 saturated heterocycles. The van der Waals surface area contributed by atoms with E-state index >= 15 is 0 Å². The minimum absolute atomic E-state index is 0.185. The Bertz CT molecular complexity index is 744. The van der Waals surface area contributed by atoms with Crippen molar-refractivity contribution >= 4 is 23.2 Å². The Balaban J connectivity index is 1.67. The van der Waals surface area contributed by atoms with Gasteiger partial charge in [0.1, 0.15) is 4.88 Å². The highest BCUT2D eigenvalue weighted by molar-refractivity contribution is 7.15. The quantitative estimate of drug-likeness (QED) is 0.861. The zero-order valence-corrected chi connectivity index (χ0v) is 15.0. The van der Waals surface area contributed by atoms with Crippen LogP contribution < -0.4 is 5.32 Å². The molecule has 5 nitrogen and oxygen atoms in total. The fourth-order valence-corrected chi connectivity index (χ4v) is 4.30. The molecule has 25 heavy (non-hydrogen) atoms. The van der Waals surface area contributed by atoms with Crippen molar-refractivity contribution in [2.45, 2.75) is 18.9 Å². The van der Waals surface area contributed by atoms with Gasteiger partial charge in [-0.05, 0) is 50.0 Å². The van der Waals surface area contributed by atoms with E-state index in [0.29, 0.717) is 17.3 Å². The summed E-state index contributed by atoms with van der Waals surface area (Å²) in [6, 6.07) is 13.7. The second kappa shape index (κ2) is 7.80. The number of carbonyl (C=O) groups excluding carboxylic acids is 1. The predicted octanol–water partition coefficient (Wildman–Crippen LogP) is 3.26. The molecule has 1 aromatic heterocycles. The van der Waals surface area contributed by atoms with E-state index in [1.54, 1.807) is 6.07 Å². The third kappa shape index (κ3) is 4.08. The van der Waals surface area contributed by atoms with Gasteiger partial charge in [0.15, 0.2) is 0 Å². The Hall–Kier alpha value is -2.18. The van der Waals surface area contributed by atoms with Crippen molar-refractivity contribution in [3.05, 3.63) is 57.8 Å². The zero-order chi connectivity index (χ0) is 17.8. The molecule has 0 bridgehead atoms. The molecule has 0 radical (unpaired) electrons. The molecule has 2 N–H and O–H groups in total. The van der Waals surface area contributed by atoms with Crippen molar-refractivity contribution in [1.82, 2.24) is 10.2 Å². The lowest BCUT2D eigenvalue weighted by molar-refractivity contribution is 0.0702. The molecule has 132 valence electrons. The summed E-state index contributed by atoms with van der Waals surface area (Å²) in [5.74, 6) is -0.858. The first kappa shape index (κ1) is 17.6. The van der Waals surface area contributed by atoms with Gasteiger partial charge in [-0.1, -0.05) is 30.3 Å². The number of rotatable bonds is 5. The molecule has 2 aromatic rings. The number of carboxylic acids is 1. The van der Waals surface area contributed by atoms with Crippen LogP contribution in [-0.4, -0.2) is 42.0 Å². The Morgan fingerprint density at radius 1 is 1.20 bits per heavy atom. The van der Waals surface area contributed by atoms with E-state index in [-0.39, 0.29) is 16.8 Å². The molecule has 2 atom stereocenters. The smallest absolute Gasteiger partial charge is 0.345 e. The SMILES string of the molecule is CN1CCC[C@@H](CNC(=O)c2ccc(C(=O)O)s2)[C@@H]1c1ccccc1. The average molecular weight is 358 g/mol. The van der Waals surface area contributed by atoms with E-state index in [2.05, 4.69) is 29.4 Å². The summed E-state index contributed by atoms with van der Waals surface area (Å²) in [5.41, 5.74) is 1.27. The van der Waals surface area contributed by atoms with Gasteiger partial charge < -0.3 is 10.4 Å². The molecule has 0 aliphatic carbocycles. The summed E-state index contributed by atoms with van der Waals surface area (Å²) in [6.07, 6.45) is 2.18. The van der Waals surface area contributed by atoms with E-state index in [1.165, 1.54) is 11.6 Å². The van der Waals surface area contributed by atoms with Crippen molar-refractivity contribution in [1.29, 1.82) is 0 Å². The standard InChI is InChI=1S/C19H22N2O3S/c1-21-11-5-8-14(17(21)13-6-3-2-4-7-13)12-20-18(22)15-9-10-16(25-15)19(23)24/h2-4,6-7,9-10,14,17H,5,8,11-12H2,1H3,(H,20,22)(H,23,24)/t14-,17-/m0/s1. The maximum atomic E-state index is 12.3. The lowest BCUT2D eigenvalue weighted by Crippen LogP contribution is -2.41. The summed E-state index contributed by atoms with van der Waals surface area (Å²) >= 11 is 1.01. The molecule has 6 heteroatoms. The van der Waals surface area contributed by atoms with Gasteiger partial charge in [-0.15, -0.1) is 11.3 Å². The van der Waals surface area contributed by atoms with E-state index in [1.807, 2.05) is 18.2 Å². The van der Waals surface area contributed by atoms with Crippen LogP contribution in [0.1, 0.15) is 43.8 Å². The van der Waals surface area contributed by atoms with Gasteiger partial charge in [0.25, 0.3) is 5.91 Å². The summed E-state index contributed by atoms with van der Waals surface area (Å²) in [5, 5.41) is 12.0. The van der Waals surface area contributed by atoms with E-state index < -0.39 is 5.97 Å². The van der Waals surface area contributed by atoms with Crippen molar-refractivity contribution in [3.63, 3.8) is 0 Å². The maximum absolute atomic E-state index is 12.3. The fraction of sp³-hybridized carbons (Fsp3) is 0.368. The van der Waals surface area contributed by atoms with Crippen LogP contribution in [0.5, 0.6) is 0 Å². The first-order valence-electron chi connectivity index (χ1n) is 8.43. The number of aromatic carboxylic acids is 1. The van der Waals surface area contributed by atoms with Crippen LogP contribution >= 0.6 is 11.3 Å². The highest BCUT2D eigenvalue weighted by Gasteiger charge is 2.30. The average Bonchev–Trinajstić information content (AvgIpc) is 3.11. The van der Waals surface area contributed by atoms with Gasteiger partial charge in [0.2, 0.25) is 0 Å². The van der Waals surface area contributed by atoms with Crippen molar-refractivity contribution in [2.75, 3.05) is 20.1 Å². The Labute approximate surface area is 151 Å². The van der Waals surface area contributed by atoms with Crippen LogP contribution in [0, 0.1) is 5.92 Å². The second-order valence-corrected chi connectivity index (χ2v) is 7.50. The largest absolute Gasteiger partial charge is 0.477 e. The minimum Gasteiger partial charge on any atom is -0.477 e. The predicted molar refractivity (Wildman–Crippen MR) is 98.1 cm³/mol. The molecule has 2 heterocycles. The van der Waals surface area contributed by atoms with E-state index in [9.17, 15) is 9.59 Å². The molecule has 1 amide bonds.